The minimum Gasteiger partial charge on any atom is -0.393 e. The number of aliphatic hydroxyl groups excluding tert-OH is 1. The highest BCUT2D eigenvalue weighted by Crippen LogP contribution is 2.28. The lowest BCUT2D eigenvalue weighted by Crippen LogP contribution is -2.30. The van der Waals surface area contributed by atoms with E-state index in [-0.39, 0.29) is 12.0 Å². The molecule has 0 aromatic heterocycles. The van der Waals surface area contributed by atoms with Crippen molar-refractivity contribution in [1.82, 2.24) is 4.90 Å². The summed E-state index contributed by atoms with van der Waals surface area (Å²) in [6, 6.07) is 4.19. The fourth-order valence-electron chi connectivity index (χ4n) is 1.66. The van der Waals surface area contributed by atoms with Crippen molar-refractivity contribution in [3.63, 3.8) is 0 Å². The minimum atomic E-state index is -0.366. The van der Waals surface area contributed by atoms with Gasteiger partial charge < -0.3 is 10.0 Å². The Morgan fingerprint density at radius 2 is 2.05 bits per heavy atom. The predicted octanol–water partition coefficient (Wildman–Crippen LogP) is 3.39. The molecule has 0 saturated carbocycles. The van der Waals surface area contributed by atoms with Gasteiger partial charge in [-0.05, 0) is 50.5 Å². The van der Waals surface area contributed by atoms with Gasteiger partial charge in [0.2, 0.25) is 5.91 Å². The fraction of sp³-hybridized carbons (Fsp3) is 0.533. The third-order valence-electron chi connectivity index (χ3n) is 3.12. The lowest BCUT2D eigenvalue weighted by atomic mass is 10.2. The van der Waals surface area contributed by atoms with Gasteiger partial charge in [-0.15, -0.1) is 11.8 Å². The molecule has 3 nitrogen and oxygen atoms in total. The van der Waals surface area contributed by atoms with E-state index >= 15 is 0 Å². The molecule has 0 heterocycles. The number of halogens is 1. The molecule has 1 aromatic carbocycles. The first-order valence-corrected chi connectivity index (χ1v) is 8.40. The van der Waals surface area contributed by atoms with E-state index < -0.39 is 0 Å². The molecule has 5 heteroatoms. The van der Waals surface area contributed by atoms with Crippen molar-refractivity contribution in [2.45, 2.75) is 38.2 Å². The zero-order valence-corrected chi connectivity index (χ0v) is 14.8. The van der Waals surface area contributed by atoms with Gasteiger partial charge in [-0.1, -0.05) is 15.9 Å². The molecule has 1 rings (SSSR count). The molecule has 1 unspecified atom stereocenters. The van der Waals surface area contributed by atoms with Gasteiger partial charge in [-0.25, -0.2) is 0 Å². The van der Waals surface area contributed by atoms with Crippen LogP contribution in [0.3, 0.4) is 0 Å². The molecule has 0 spiro atoms. The fourth-order valence-corrected chi connectivity index (χ4v) is 3.17. The molecule has 0 aliphatic rings. The Morgan fingerprint density at radius 3 is 2.65 bits per heavy atom. The molecule has 0 fully saturated rings. The van der Waals surface area contributed by atoms with E-state index in [4.69, 9.17) is 0 Å². The van der Waals surface area contributed by atoms with Crippen molar-refractivity contribution in [1.29, 1.82) is 0 Å². The second kappa shape index (κ2) is 8.05. The van der Waals surface area contributed by atoms with Crippen LogP contribution in [0.5, 0.6) is 0 Å². The summed E-state index contributed by atoms with van der Waals surface area (Å²) in [6.07, 6.45) is 0.248. The summed E-state index contributed by atoms with van der Waals surface area (Å²) in [6.45, 7) is 6.43. The van der Waals surface area contributed by atoms with Gasteiger partial charge in [0.1, 0.15) is 0 Å². The Morgan fingerprint density at radius 1 is 1.40 bits per heavy atom. The quantitative estimate of drug-likeness (QED) is 0.791. The van der Waals surface area contributed by atoms with E-state index in [1.54, 1.807) is 30.6 Å². The van der Waals surface area contributed by atoms with E-state index in [0.717, 1.165) is 9.37 Å². The summed E-state index contributed by atoms with van der Waals surface area (Å²) in [5, 5.41) is 9.24. The molecular formula is C15H22BrNO2S. The van der Waals surface area contributed by atoms with Crippen molar-refractivity contribution in [3.05, 3.63) is 27.7 Å². The van der Waals surface area contributed by atoms with Gasteiger partial charge in [-0.3, -0.25) is 4.79 Å². The van der Waals surface area contributed by atoms with Gasteiger partial charge in [0.25, 0.3) is 0 Å². The van der Waals surface area contributed by atoms with E-state index in [1.807, 2.05) is 13.8 Å². The Bertz CT molecular complexity index is 477. The van der Waals surface area contributed by atoms with Crippen LogP contribution in [-0.2, 0) is 4.79 Å². The van der Waals surface area contributed by atoms with Crippen LogP contribution in [0.2, 0.25) is 0 Å². The predicted molar refractivity (Wildman–Crippen MR) is 88.3 cm³/mol. The molecule has 1 N–H and O–H groups in total. The first-order chi connectivity index (χ1) is 9.31. The molecule has 0 bridgehead atoms. The number of benzene rings is 1. The van der Waals surface area contributed by atoms with Crippen LogP contribution >= 0.6 is 27.7 Å². The number of hydrogen-bond donors (Lipinski definition) is 1. The summed E-state index contributed by atoms with van der Waals surface area (Å²) >= 11 is 5.08. The molecular weight excluding hydrogens is 338 g/mol. The maximum Gasteiger partial charge on any atom is 0.232 e. The summed E-state index contributed by atoms with van der Waals surface area (Å²) in [5.74, 6) is 0.522. The van der Waals surface area contributed by atoms with Crippen molar-refractivity contribution in [3.8, 4) is 0 Å². The molecule has 0 aliphatic carbocycles. The smallest absolute Gasteiger partial charge is 0.232 e. The number of hydrogen-bond acceptors (Lipinski definition) is 3. The van der Waals surface area contributed by atoms with Crippen LogP contribution in [0.1, 0.15) is 24.5 Å². The van der Waals surface area contributed by atoms with Gasteiger partial charge >= 0.3 is 0 Å². The number of carbonyl (C=O) groups excluding carboxylic acids is 1. The normalized spacial score (nSPS) is 12.3. The zero-order chi connectivity index (χ0) is 15.3. The SMILES string of the molecule is Cc1cc(SCC(=O)N(C)CCC(C)O)c(C)cc1Br. The highest BCUT2D eigenvalue weighted by molar-refractivity contribution is 9.10. The van der Waals surface area contributed by atoms with Gasteiger partial charge in [0, 0.05) is 23.0 Å². The number of aryl methyl sites for hydroxylation is 2. The largest absolute Gasteiger partial charge is 0.393 e. The van der Waals surface area contributed by atoms with Crippen LogP contribution < -0.4 is 0 Å². The lowest BCUT2D eigenvalue weighted by molar-refractivity contribution is -0.127. The molecule has 20 heavy (non-hydrogen) atoms. The monoisotopic (exact) mass is 359 g/mol. The average molecular weight is 360 g/mol. The number of aliphatic hydroxyl groups is 1. The number of amides is 1. The topological polar surface area (TPSA) is 40.5 Å². The molecule has 0 saturated heterocycles. The first-order valence-electron chi connectivity index (χ1n) is 6.63. The highest BCUT2D eigenvalue weighted by atomic mass is 79.9. The Labute approximate surface area is 133 Å². The maximum atomic E-state index is 12.0. The number of thioether (sulfide) groups is 1. The number of carbonyl (C=O) groups is 1. The van der Waals surface area contributed by atoms with Gasteiger partial charge in [0.15, 0.2) is 0 Å². The second-order valence-electron chi connectivity index (χ2n) is 5.11. The average Bonchev–Trinajstić information content (AvgIpc) is 2.38. The summed E-state index contributed by atoms with van der Waals surface area (Å²) in [5.41, 5.74) is 2.35. The summed E-state index contributed by atoms with van der Waals surface area (Å²) in [4.78, 5) is 14.8. The van der Waals surface area contributed by atoms with E-state index in [0.29, 0.717) is 18.7 Å². The highest BCUT2D eigenvalue weighted by Gasteiger charge is 2.11. The van der Waals surface area contributed by atoms with Crippen LogP contribution in [-0.4, -0.2) is 41.4 Å². The Hall–Kier alpha value is -0.520. The third-order valence-corrected chi connectivity index (χ3v) is 5.11. The standard InChI is InChI=1S/C15H22BrNO2S/c1-10-8-14(11(2)7-13(10)16)20-9-15(19)17(4)6-5-12(3)18/h7-8,12,18H,5-6,9H2,1-4H3. The molecule has 1 amide bonds. The summed E-state index contributed by atoms with van der Waals surface area (Å²) in [7, 11) is 1.78. The third kappa shape index (κ3) is 5.46. The van der Waals surface area contributed by atoms with Gasteiger partial charge in [-0.2, -0.15) is 0 Å². The summed E-state index contributed by atoms with van der Waals surface area (Å²) < 4.78 is 1.10. The van der Waals surface area contributed by atoms with Crippen LogP contribution in [0.25, 0.3) is 0 Å². The van der Waals surface area contributed by atoms with Crippen molar-refractivity contribution >= 4 is 33.6 Å². The van der Waals surface area contributed by atoms with Crippen molar-refractivity contribution < 1.29 is 9.90 Å². The number of nitrogens with zero attached hydrogens (tertiary/aromatic N) is 1. The lowest BCUT2D eigenvalue weighted by Gasteiger charge is -2.18. The maximum absolute atomic E-state index is 12.0. The molecule has 112 valence electrons. The van der Waals surface area contributed by atoms with Crippen LogP contribution in [0, 0.1) is 13.8 Å². The molecule has 1 atom stereocenters. The molecule has 1 aromatic rings. The zero-order valence-electron chi connectivity index (χ0n) is 12.4. The first kappa shape index (κ1) is 17.5. The Balaban J connectivity index is 2.54. The van der Waals surface area contributed by atoms with Crippen LogP contribution in [0.4, 0.5) is 0 Å². The second-order valence-corrected chi connectivity index (χ2v) is 6.98. The van der Waals surface area contributed by atoms with E-state index in [2.05, 4.69) is 28.1 Å². The molecule has 0 aliphatic heterocycles. The Kier molecular flexibility index (Phi) is 7.06. The molecule has 0 radical (unpaired) electrons. The number of rotatable bonds is 6. The van der Waals surface area contributed by atoms with Crippen molar-refractivity contribution in [2.75, 3.05) is 19.3 Å². The van der Waals surface area contributed by atoms with Crippen molar-refractivity contribution in [2.24, 2.45) is 0 Å². The van der Waals surface area contributed by atoms with E-state index in [9.17, 15) is 9.90 Å². The van der Waals surface area contributed by atoms with Gasteiger partial charge in [0.05, 0.1) is 11.9 Å². The van der Waals surface area contributed by atoms with E-state index in [1.165, 1.54) is 11.1 Å². The van der Waals surface area contributed by atoms with Crippen LogP contribution in [0.15, 0.2) is 21.5 Å². The minimum absolute atomic E-state index is 0.0932.